The quantitative estimate of drug-likeness (QED) is 0.643. The molecule has 0 spiro atoms. The minimum Gasteiger partial charge on any atom is -0.451 e. The molecule has 0 saturated heterocycles. The average Bonchev–Trinajstić information content (AvgIpc) is 3.04. The Morgan fingerprint density at radius 2 is 1.73 bits per heavy atom. The average molecular weight is 370 g/mol. The first-order valence-corrected chi connectivity index (χ1v) is 9.64. The molecule has 0 unspecified atom stereocenters. The lowest BCUT2D eigenvalue weighted by atomic mass is 10.0. The van der Waals surface area contributed by atoms with E-state index in [1.54, 1.807) is 12.1 Å². The Balaban J connectivity index is 1.75. The molecule has 1 aliphatic heterocycles. The largest absolute Gasteiger partial charge is 0.451 e. The van der Waals surface area contributed by atoms with E-state index in [1.165, 1.54) is 24.3 Å². The molecule has 0 radical (unpaired) electrons. The topological polar surface area (TPSA) is 94.6 Å². The van der Waals surface area contributed by atoms with Gasteiger partial charge in [-0.3, -0.25) is 9.59 Å². The highest BCUT2D eigenvalue weighted by atomic mass is 32.2. The Morgan fingerprint density at radius 1 is 1.00 bits per heavy atom. The summed E-state index contributed by atoms with van der Waals surface area (Å²) in [6.45, 7) is 0. The third-order valence-corrected chi connectivity index (χ3v) is 6.52. The Labute approximate surface area is 149 Å². The van der Waals surface area contributed by atoms with E-state index in [9.17, 15) is 22.8 Å². The SMILES string of the molecule is O=C(O[C@H]1CCCC1=O)c1ccc2c(c1)S(=O)(=O)c1ccccc1C2=O. The van der Waals surface area contributed by atoms with Gasteiger partial charge in [-0.15, -0.1) is 0 Å². The number of carbonyl (C=O) groups is 3. The first-order chi connectivity index (χ1) is 12.4. The second-order valence-electron chi connectivity index (χ2n) is 6.29. The van der Waals surface area contributed by atoms with Crippen molar-refractivity contribution in [3.8, 4) is 0 Å². The van der Waals surface area contributed by atoms with Gasteiger partial charge in [0.05, 0.1) is 15.4 Å². The third-order valence-electron chi connectivity index (χ3n) is 4.67. The number of benzene rings is 2. The van der Waals surface area contributed by atoms with Gasteiger partial charge in [0, 0.05) is 17.5 Å². The first-order valence-electron chi connectivity index (χ1n) is 8.16. The molecule has 26 heavy (non-hydrogen) atoms. The van der Waals surface area contributed by atoms with Crippen LogP contribution in [0.3, 0.4) is 0 Å². The highest BCUT2D eigenvalue weighted by Gasteiger charge is 2.35. The molecule has 0 N–H and O–H groups in total. The van der Waals surface area contributed by atoms with E-state index in [2.05, 4.69) is 0 Å². The number of ketones is 2. The van der Waals surface area contributed by atoms with Gasteiger partial charge in [-0.25, -0.2) is 13.2 Å². The van der Waals surface area contributed by atoms with E-state index < -0.39 is 27.7 Å². The number of Topliss-reactive ketones (excluding diaryl/α,β-unsaturated/α-hetero) is 1. The second-order valence-corrected chi connectivity index (χ2v) is 8.18. The Bertz CT molecular complexity index is 1070. The summed E-state index contributed by atoms with van der Waals surface area (Å²) in [5.74, 6) is -1.31. The van der Waals surface area contributed by atoms with E-state index in [0.29, 0.717) is 19.3 Å². The van der Waals surface area contributed by atoms with Crippen LogP contribution in [0.15, 0.2) is 52.3 Å². The van der Waals surface area contributed by atoms with Crippen molar-refractivity contribution in [1.29, 1.82) is 0 Å². The normalized spacial score (nSPS) is 20.4. The number of hydrogen-bond acceptors (Lipinski definition) is 6. The zero-order valence-electron chi connectivity index (χ0n) is 13.6. The van der Waals surface area contributed by atoms with Crippen molar-refractivity contribution in [2.75, 3.05) is 0 Å². The lowest BCUT2D eigenvalue weighted by Crippen LogP contribution is -2.23. The Morgan fingerprint density at radius 3 is 2.46 bits per heavy atom. The summed E-state index contributed by atoms with van der Waals surface area (Å²) in [6.07, 6.45) is 0.736. The van der Waals surface area contributed by atoms with Crippen molar-refractivity contribution in [3.63, 3.8) is 0 Å². The number of carbonyl (C=O) groups excluding carboxylic acids is 3. The van der Waals surface area contributed by atoms with E-state index in [-0.39, 0.29) is 32.3 Å². The van der Waals surface area contributed by atoms with Gasteiger partial charge in [0.25, 0.3) is 0 Å². The fourth-order valence-electron chi connectivity index (χ4n) is 3.32. The van der Waals surface area contributed by atoms with Gasteiger partial charge in [-0.1, -0.05) is 12.1 Å². The minimum atomic E-state index is -3.92. The molecule has 1 heterocycles. The smallest absolute Gasteiger partial charge is 0.338 e. The van der Waals surface area contributed by atoms with Crippen molar-refractivity contribution >= 4 is 27.4 Å². The molecule has 2 aromatic rings. The number of ether oxygens (including phenoxy) is 1. The van der Waals surface area contributed by atoms with Gasteiger partial charge in [0.1, 0.15) is 0 Å². The van der Waals surface area contributed by atoms with Crippen LogP contribution in [0.4, 0.5) is 0 Å². The molecule has 0 aromatic heterocycles. The zero-order chi connectivity index (χ0) is 18.5. The lowest BCUT2D eigenvalue weighted by molar-refractivity contribution is -0.124. The van der Waals surface area contributed by atoms with E-state index in [1.807, 2.05) is 0 Å². The van der Waals surface area contributed by atoms with Gasteiger partial charge in [0.15, 0.2) is 17.7 Å². The van der Waals surface area contributed by atoms with Crippen LogP contribution in [0.25, 0.3) is 0 Å². The van der Waals surface area contributed by atoms with Crippen LogP contribution < -0.4 is 0 Å². The summed E-state index contributed by atoms with van der Waals surface area (Å²) in [5.41, 5.74) is 0.142. The zero-order valence-corrected chi connectivity index (χ0v) is 14.4. The first kappa shape index (κ1) is 16.7. The molecule has 1 aliphatic carbocycles. The molecule has 1 fully saturated rings. The van der Waals surface area contributed by atoms with Crippen LogP contribution in [0.2, 0.25) is 0 Å². The van der Waals surface area contributed by atoms with Crippen LogP contribution in [0.1, 0.15) is 45.5 Å². The van der Waals surface area contributed by atoms with Crippen molar-refractivity contribution in [2.24, 2.45) is 0 Å². The van der Waals surface area contributed by atoms with Crippen LogP contribution in [0.5, 0.6) is 0 Å². The molecule has 132 valence electrons. The van der Waals surface area contributed by atoms with E-state index in [4.69, 9.17) is 4.74 Å². The maximum absolute atomic E-state index is 12.9. The highest BCUT2D eigenvalue weighted by molar-refractivity contribution is 7.91. The van der Waals surface area contributed by atoms with Crippen LogP contribution in [-0.2, 0) is 19.4 Å². The van der Waals surface area contributed by atoms with Gasteiger partial charge in [-0.05, 0) is 43.2 Å². The molecule has 2 aromatic carbocycles. The maximum Gasteiger partial charge on any atom is 0.338 e. The fourth-order valence-corrected chi connectivity index (χ4v) is 4.99. The number of hydrogen-bond donors (Lipinski definition) is 0. The summed E-state index contributed by atoms with van der Waals surface area (Å²) in [6, 6.07) is 9.79. The van der Waals surface area contributed by atoms with Gasteiger partial charge in [0.2, 0.25) is 9.84 Å². The standard InChI is InChI=1S/C19H14O6S/c20-14-5-3-6-15(14)25-19(22)11-8-9-13-17(10-11)26(23,24)16-7-2-1-4-12(16)18(13)21/h1-2,4,7-10,15H,3,5-6H2/t15-/m0/s1. The second kappa shape index (κ2) is 5.88. The van der Waals surface area contributed by atoms with Crippen molar-refractivity contribution in [3.05, 3.63) is 59.2 Å². The summed E-state index contributed by atoms with van der Waals surface area (Å²) < 4.78 is 30.9. The predicted octanol–water partition coefficient (Wildman–Crippen LogP) is 2.34. The third kappa shape index (κ3) is 2.47. The van der Waals surface area contributed by atoms with Gasteiger partial charge < -0.3 is 4.74 Å². The maximum atomic E-state index is 12.9. The van der Waals surface area contributed by atoms with Crippen molar-refractivity contribution in [2.45, 2.75) is 35.2 Å². The molecule has 0 amide bonds. The van der Waals surface area contributed by atoms with Gasteiger partial charge in [-0.2, -0.15) is 0 Å². The van der Waals surface area contributed by atoms with E-state index >= 15 is 0 Å². The number of sulfone groups is 1. The summed E-state index contributed by atoms with van der Waals surface area (Å²) in [7, 11) is -3.92. The molecule has 1 atom stereocenters. The molecule has 6 nitrogen and oxygen atoms in total. The lowest BCUT2D eigenvalue weighted by Gasteiger charge is -2.19. The molecule has 2 aliphatic rings. The van der Waals surface area contributed by atoms with E-state index in [0.717, 1.165) is 6.07 Å². The molecule has 0 bridgehead atoms. The Kier molecular flexibility index (Phi) is 3.77. The number of esters is 1. The van der Waals surface area contributed by atoms with Crippen LogP contribution in [0, 0.1) is 0 Å². The number of rotatable bonds is 2. The van der Waals surface area contributed by atoms with Gasteiger partial charge >= 0.3 is 5.97 Å². The molecular formula is C19H14O6S. The monoisotopic (exact) mass is 370 g/mol. The summed E-state index contributed by atoms with van der Waals surface area (Å²) in [4.78, 5) is 36.2. The predicted molar refractivity (Wildman–Crippen MR) is 89.8 cm³/mol. The summed E-state index contributed by atoms with van der Waals surface area (Å²) >= 11 is 0. The minimum absolute atomic E-state index is 0.000735. The fraction of sp³-hybridized carbons (Fsp3) is 0.211. The van der Waals surface area contributed by atoms with Crippen molar-refractivity contribution < 1.29 is 27.5 Å². The Hall–Kier alpha value is -2.80. The summed E-state index contributed by atoms with van der Waals surface area (Å²) in [5, 5.41) is 0. The molecule has 4 rings (SSSR count). The number of fused-ring (bicyclic) bond motifs is 2. The highest BCUT2D eigenvalue weighted by Crippen LogP contribution is 2.35. The molecule has 7 heteroatoms. The molecular weight excluding hydrogens is 356 g/mol. The molecule has 1 saturated carbocycles. The van der Waals surface area contributed by atoms with Crippen LogP contribution in [-0.4, -0.2) is 32.1 Å². The van der Waals surface area contributed by atoms with Crippen LogP contribution >= 0.6 is 0 Å². The van der Waals surface area contributed by atoms with Crippen molar-refractivity contribution in [1.82, 2.24) is 0 Å².